The standard InChI is InChI=1S/C18H30N2/c1-5-14-16-11-19-8-6-7-17(16)20(4)18(14)10-15-12(2)9-13(15)3/h5,10,12-13,15-17,19H,6-9,11H2,1-4H3/b14-5-,18-10+/t12?,13?,15?,16-,17-/m0/s1. The van der Waals surface area contributed by atoms with E-state index in [2.05, 4.69) is 50.2 Å². The highest BCUT2D eigenvalue weighted by molar-refractivity contribution is 5.40. The number of hydrogen-bond donors (Lipinski definition) is 1. The van der Waals surface area contributed by atoms with Crippen molar-refractivity contribution < 1.29 is 0 Å². The Morgan fingerprint density at radius 2 is 2.00 bits per heavy atom. The number of rotatable bonds is 1. The molecular weight excluding hydrogens is 244 g/mol. The fraction of sp³-hybridized carbons (Fsp3) is 0.778. The molecule has 0 aromatic carbocycles. The predicted molar refractivity (Wildman–Crippen MR) is 85.4 cm³/mol. The van der Waals surface area contributed by atoms with Gasteiger partial charge in [0.05, 0.1) is 0 Å². The lowest BCUT2D eigenvalue weighted by atomic mass is 9.66. The molecule has 0 bridgehead atoms. The topological polar surface area (TPSA) is 15.3 Å². The molecule has 1 saturated carbocycles. The van der Waals surface area contributed by atoms with Gasteiger partial charge >= 0.3 is 0 Å². The molecule has 3 aliphatic rings. The molecule has 0 radical (unpaired) electrons. The van der Waals surface area contributed by atoms with Gasteiger partial charge in [-0.25, -0.2) is 0 Å². The van der Waals surface area contributed by atoms with Crippen molar-refractivity contribution in [2.24, 2.45) is 23.7 Å². The first kappa shape index (κ1) is 14.2. The normalized spacial score (nSPS) is 45.4. The molecule has 4 atom stereocenters. The quantitative estimate of drug-likeness (QED) is 0.788. The summed E-state index contributed by atoms with van der Waals surface area (Å²) in [6, 6.07) is 0.716. The van der Waals surface area contributed by atoms with Crippen LogP contribution in [0.15, 0.2) is 23.4 Å². The van der Waals surface area contributed by atoms with Gasteiger partial charge in [-0.15, -0.1) is 0 Å². The maximum Gasteiger partial charge on any atom is 0.0368 e. The summed E-state index contributed by atoms with van der Waals surface area (Å²) in [5.41, 5.74) is 3.13. The van der Waals surface area contributed by atoms with Crippen LogP contribution in [0, 0.1) is 23.7 Å². The molecule has 2 unspecified atom stereocenters. The molecule has 3 rings (SSSR count). The first-order valence-electron chi connectivity index (χ1n) is 8.45. The Bertz CT molecular complexity index is 415. The molecule has 2 heterocycles. The van der Waals surface area contributed by atoms with E-state index in [0.29, 0.717) is 12.0 Å². The Labute approximate surface area is 124 Å². The van der Waals surface area contributed by atoms with E-state index in [0.717, 1.165) is 24.3 Å². The average Bonchev–Trinajstić information content (AvgIpc) is 2.61. The Morgan fingerprint density at radius 1 is 1.25 bits per heavy atom. The van der Waals surface area contributed by atoms with Gasteiger partial charge in [0.15, 0.2) is 0 Å². The van der Waals surface area contributed by atoms with Gasteiger partial charge in [0.2, 0.25) is 0 Å². The van der Waals surface area contributed by atoms with E-state index in [9.17, 15) is 0 Å². The van der Waals surface area contributed by atoms with E-state index in [1.54, 1.807) is 5.57 Å². The van der Waals surface area contributed by atoms with Crippen molar-refractivity contribution in [2.45, 2.75) is 46.1 Å². The predicted octanol–water partition coefficient (Wildman–Crippen LogP) is 3.42. The molecule has 2 aliphatic heterocycles. The molecule has 0 amide bonds. The third kappa shape index (κ3) is 2.22. The zero-order valence-electron chi connectivity index (χ0n) is 13.5. The van der Waals surface area contributed by atoms with E-state index < -0.39 is 0 Å². The van der Waals surface area contributed by atoms with Crippen LogP contribution < -0.4 is 5.32 Å². The monoisotopic (exact) mass is 274 g/mol. The van der Waals surface area contributed by atoms with E-state index in [1.165, 1.54) is 31.5 Å². The van der Waals surface area contributed by atoms with Gasteiger partial charge in [0.1, 0.15) is 0 Å². The zero-order chi connectivity index (χ0) is 14.3. The summed E-state index contributed by atoms with van der Waals surface area (Å²) >= 11 is 0. The molecule has 2 saturated heterocycles. The van der Waals surface area contributed by atoms with Crippen LogP contribution in [0.25, 0.3) is 0 Å². The van der Waals surface area contributed by atoms with Gasteiger partial charge in [0.25, 0.3) is 0 Å². The minimum Gasteiger partial charge on any atom is -0.371 e. The molecule has 0 aromatic heterocycles. The van der Waals surface area contributed by atoms with Crippen LogP contribution in [0.5, 0.6) is 0 Å². The molecule has 0 aromatic rings. The summed E-state index contributed by atoms with van der Waals surface area (Å²) in [4.78, 5) is 2.59. The van der Waals surface area contributed by atoms with Gasteiger partial charge in [0, 0.05) is 31.2 Å². The first-order valence-corrected chi connectivity index (χ1v) is 8.45. The second-order valence-electron chi connectivity index (χ2n) is 7.19. The molecule has 3 fully saturated rings. The third-order valence-corrected chi connectivity index (χ3v) is 5.97. The SMILES string of the molecule is C/C=C1\C(=C/C2C(C)CC2C)N(C)[C@H]2CCCNC[C@@H]12. The number of likely N-dealkylation sites (tertiary alicyclic amines) is 1. The second-order valence-corrected chi connectivity index (χ2v) is 7.19. The summed E-state index contributed by atoms with van der Waals surface area (Å²) in [5, 5.41) is 3.63. The number of likely N-dealkylation sites (N-methyl/N-ethyl adjacent to an activating group) is 1. The van der Waals surface area contributed by atoms with Crippen molar-refractivity contribution in [2.75, 3.05) is 20.1 Å². The van der Waals surface area contributed by atoms with E-state index in [1.807, 2.05) is 0 Å². The summed E-state index contributed by atoms with van der Waals surface area (Å²) in [5.74, 6) is 3.22. The smallest absolute Gasteiger partial charge is 0.0368 e. The number of hydrogen-bond acceptors (Lipinski definition) is 2. The molecule has 1 aliphatic carbocycles. The highest BCUT2D eigenvalue weighted by Gasteiger charge is 2.41. The number of allylic oxidation sites excluding steroid dienone is 3. The van der Waals surface area contributed by atoms with Crippen LogP contribution in [-0.2, 0) is 0 Å². The van der Waals surface area contributed by atoms with Gasteiger partial charge < -0.3 is 10.2 Å². The van der Waals surface area contributed by atoms with Crippen molar-refractivity contribution in [3.05, 3.63) is 23.4 Å². The fourth-order valence-electron chi connectivity index (χ4n) is 4.74. The molecule has 1 N–H and O–H groups in total. The second kappa shape index (κ2) is 5.55. The van der Waals surface area contributed by atoms with Gasteiger partial charge in [-0.05, 0) is 56.1 Å². The molecule has 112 valence electrons. The fourth-order valence-corrected chi connectivity index (χ4v) is 4.74. The van der Waals surface area contributed by atoms with Crippen LogP contribution in [0.1, 0.15) is 40.0 Å². The molecule has 2 nitrogen and oxygen atoms in total. The largest absolute Gasteiger partial charge is 0.371 e. The van der Waals surface area contributed by atoms with Crippen LogP contribution >= 0.6 is 0 Å². The van der Waals surface area contributed by atoms with Crippen LogP contribution in [0.2, 0.25) is 0 Å². The lowest BCUT2D eigenvalue weighted by molar-refractivity contribution is 0.145. The van der Waals surface area contributed by atoms with Gasteiger partial charge in [-0.1, -0.05) is 26.0 Å². The lowest BCUT2D eigenvalue weighted by Gasteiger charge is -2.40. The minimum absolute atomic E-state index is 0.699. The average molecular weight is 274 g/mol. The highest BCUT2D eigenvalue weighted by atomic mass is 15.2. The van der Waals surface area contributed by atoms with Crippen molar-refractivity contribution in [1.29, 1.82) is 0 Å². The molecule has 0 spiro atoms. The number of nitrogens with one attached hydrogen (secondary N) is 1. The van der Waals surface area contributed by atoms with Crippen LogP contribution in [0.4, 0.5) is 0 Å². The zero-order valence-corrected chi connectivity index (χ0v) is 13.5. The maximum atomic E-state index is 3.63. The maximum absolute atomic E-state index is 3.63. The molecular formula is C18H30N2. The molecule has 2 heteroatoms. The van der Waals surface area contributed by atoms with E-state index in [4.69, 9.17) is 0 Å². The highest BCUT2D eigenvalue weighted by Crippen LogP contribution is 2.45. The van der Waals surface area contributed by atoms with Crippen molar-refractivity contribution in [1.82, 2.24) is 10.2 Å². The van der Waals surface area contributed by atoms with E-state index in [-0.39, 0.29) is 0 Å². The summed E-state index contributed by atoms with van der Waals surface area (Å²) in [6.45, 7) is 9.38. The Kier molecular flexibility index (Phi) is 3.94. The van der Waals surface area contributed by atoms with Crippen molar-refractivity contribution in [3.8, 4) is 0 Å². The van der Waals surface area contributed by atoms with Crippen LogP contribution in [0.3, 0.4) is 0 Å². The van der Waals surface area contributed by atoms with Crippen LogP contribution in [-0.4, -0.2) is 31.1 Å². The van der Waals surface area contributed by atoms with Crippen molar-refractivity contribution in [3.63, 3.8) is 0 Å². The Morgan fingerprint density at radius 3 is 2.65 bits per heavy atom. The number of fused-ring (bicyclic) bond motifs is 1. The van der Waals surface area contributed by atoms with Gasteiger partial charge in [-0.3, -0.25) is 0 Å². The van der Waals surface area contributed by atoms with Gasteiger partial charge in [-0.2, -0.15) is 0 Å². The summed E-state index contributed by atoms with van der Waals surface area (Å²) in [6.07, 6.45) is 9.01. The van der Waals surface area contributed by atoms with Crippen molar-refractivity contribution >= 4 is 0 Å². The Hall–Kier alpha value is -0.760. The minimum atomic E-state index is 0.699. The lowest BCUT2D eigenvalue weighted by Crippen LogP contribution is -2.33. The summed E-state index contributed by atoms with van der Waals surface area (Å²) in [7, 11) is 2.32. The summed E-state index contributed by atoms with van der Waals surface area (Å²) < 4.78 is 0. The van der Waals surface area contributed by atoms with E-state index >= 15 is 0 Å². The molecule has 20 heavy (non-hydrogen) atoms. The Balaban J connectivity index is 1.88. The first-order chi connectivity index (χ1) is 9.63. The third-order valence-electron chi connectivity index (χ3n) is 5.97. The number of nitrogens with zero attached hydrogens (tertiary/aromatic N) is 1.